The number of H-pyrrole nitrogens is 1. The normalized spacial score (nSPS) is 15.3. The number of benzene rings is 3. The molecule has 1 aromatic heterocycles. The van der Waals surface area contributed by atoms with Gasteiger partial charge < -0.3 is 25.0 Å². The van der Waals surface area contributed by atoms with Crippen molar-refractivity contribution in [1.82, 2.24) is 19.4 Å². The summed E-state index contributed by atoms with van der Waals surface area (Å²) >= 11 is 0. The second-order valence-electron chi connectivity index (χ2n) is 10.6. The molecule has 0 radical (unpaired) electrons. The molecule has 5 rings (SSSR count). The Hall–Kier alpha value is -4.04. The van der Waals surface area contributed by atoms with Crippen molar-refractivity contribution >= 4 is 16.9 Å². The molecule has 0 spiro atoms. The molecule has 1 atom stereocenters. The van der Waals surface area contributed by atoms with Gasteiger partial charge in [-0.15, -0.1) is 0 Å². The van der Waals surface area contributed by atoms with Crippen LogP contribution in [0.4, 0.5) is 0 Å². The van der Waals surface area contributed by atoms with Crippen molar-refractivity contribution in [3.05, 3.63) is 93.9 Å². The lowest BCUT2D eigenvalue weighted by molar-refractivity contribution is 0.0773. The SMILES string of the molecule is CCN(CC)C(=O)c1ccc(C(CCN2CCC(n3c(=O)[nH]c4ccccc43)CC2)c2ccc(O)c(O)c2)cc1. The minimum absolute atomic E-state index is 0.0157. The Bertz CT molecular complexity index is 1510. The molecule has 8 heteroatoms. The van der Waals surface area contributed by atoms with Crippen LogP contribution in [0.25, 0.3) is 11.0 Å². The van der Waals surface area contributed by atoms with Crippen molar-refractivity contribution in [2.45, 2.75) is 45.1 Å². The van der Waals surface area contributed by atoms with Crippen LogP contribution in [0.3, 0.4) is 0 Å². The largest absolute Gasteiger partial charge is 0.504 e. The third-order valence-corrected chi connectivity index (χ3v) is 8.29. The van der Waals surface area contributed by atoms with E-state index in [0.717, 1.165) is 61.1 Å². The Morgan fingerprint density at radius 2 is 1.62 bits per heavy atom. The van der Waals surface area contributed by atoms with Crippen LogP contribution in [0.2, 0.25) is 0 Å². The zero-order chi connectivity index (χ0) is 28.2. The van der Waals surface area contributed by atoms with Crippen LogP contribution in [0.5, 0.6) is 11.5 Å². The Balaban J connectivity index is 1.30. The van der Waals surface area contributed by atoms with Crippen molar-refractivity contribution < 1.29 is 15.0 Å². The van der Waals surface area contributed by atoms with E-state index >= 15 is 0 Å². The van der Waals surface area contributed by atoms with E-state index in [0.29, 0.717) is 18.7 Å². The molecule has 2 heterocycles. The zero-order valence-electron chi connectivity index (χ0n) is 23.2. The number of phenolic OH excluding ortho intramolecular Hbond substituents is 2. The first kappa shape index (κ1) is 27.5. The van der Waals surface area contributed by atoms with Crippen LogP contribution < -0.4 is 5.69 Å². The number of carbonyl (C=O) groups is 1. The smallest absolute Gasteiger partial charge is 0.326 e. The number of imidazole rings is 1. The number of hydrogen-bond acceptors (Lipinski definition) is 5. The number of aromatic hydroxyl groups is 2. The number of piperidine rings is 1. The maximum Gasteiger partial charge on any atom is 0.326 e. The van der Waals surface area contributed by atoms with Gasteiger partial charge in [0, 0.05) is 43.7 Å². The monoisotopic (exact) mass is 542 g/mol. The lowest BCUT2D eigenvalue weighted by atomic mass is 9.87. The van der Waals surface area contributed by atoms with Gasteiger partial charge in [0.1, 0.15) is 0 Å². The van der Waals surface area contributed by atoms with Gasteiger partial charge in [0.25, 0.3) is 5.91 Å². The number of nitrogens with zero attached hydrogens (tertiary/aromatic N) is 3. The molecule has 3 N–H and O–H groups in total. The number of fused-ring (bicyclic) bond motifs is 1. The number of likely N-dealkylation sites (tertiary alicyclic amines) is 1. The van der Waals surface area contributed by atoms with Gasteiger partial charge in [-0.25, -0.2) is 4.79 Å². The molecule has 1 saturated heterocycles. The van der Waals surface area contributed by atoms with Gasteiger partial charge >= 0.3 is 5.69 Å². The van der Waals surface area contributed by atoms with Crippen LogP contribution in [0.15, 0.2) is 71.5 Å². The predicted molar refractivity (Wildman–Crippen MR) is 157 cm³/mol. The fourth-order valence-corrected chi connectivity index (χ4v) is 5.98. The van der Waals surface area contributed by atoms with Gasteiger partial charge in [0.15, 0.2) is 11.5 Å². The molecule has 0 bridgehead atoms. The average molecular weight is 543 g/mol. The highest BCUT2D eigenvalue weighted by molar-refractivity contribution is 5.94. The van der Waals surface area contributed by atoms with E-state index in [-0.39, 0.29) is 35.1 Å². The Labute approximate surface area is 234 Å². The highest BCUT2D eigenvalue weighted by Crippen LogP contribution is 2.35. The predicted octanol–water partition coefficient (Wildman–Crippen LogP) is 5.08. The number of para-hydroxylation sites is 2. The fraction of sp³-hybridized carbons (Fsp3) is 0.375. The lowest BCUT2D eigenvalue weighted by Crippen LogP contribution is -2.37. The van der Waals surface area contributed by atoms with E-state index in [1.165, 1.54) is 6.07 Å². The van der Waals surface area contributed by atoms with Crippen LogP contribution in [0, 0.1) is 0 Å². The number of phenols is 2. The van der Waals surface area contributed by atoms with Crippen LogP contribution >= 0.6 is 0 Å². The van der Waals surface area contributed by atoms with Gasteiger partial charge in [-0.05, 0) is 87.2 Å². The van der Waals surface area contributed by atoms with E-state index in [9.17, 15) is 19.8 Å². The molecule has 0 saturated carbocycles. The van der Waals surface area contributed by atoms with Gasteiger partial charge in [-0.3, -0.25) is 9.36 Å². The second-order valence-corrected chi connectivity index (χ2v) is 10.6. The quantitative estimate of drug-likeness (QED) is 0.256. The summed E-state index contributed by atoms with van der Waals surface area (Å²) in [5.41, 5.74) is 4.42. The number of carbonyl (C=O) groups excluding carboxylic acids is 1. The van der Waals surface area contributed by atoms with Crippen molar-refractivity contribution in [3.63, 3.8) is 0 Å². The Morgan fingerprint density at radius 1 is 0.950 bits per heavy atom. The van der Waals surface area contributed by atoms with E-state index in [1.807, 2.05) is 73.0 Å². The number of rotatable bonds is 9. The van der Waals surface area contributed by atoms with Gasteiger partial charge in [0.05, 0.1) is 11.0 Å². The number of hydrogen-bond donors (Lipinski definition) is 3. The molecular weight excluding hydrogens is 504 g/mol. The molecule has 1 unspecified atom stereocenters. The van der Waals surface area contributed by atoms with E-state index in [4.69, 9.17) is 0 Å². The standard InChI is InChI=1S/C32H38N4O4/c1-3-35(4-2)31(39)23-11-9-22(10-12-23)26(24-13-14-29(37)30(38)21-24)17-20-34-18-15-25(16-19-34)36-28-8-6-5-7-27(28)33-32(36)40/h5-14,21,25-26,37-38H,3-4,15-20H2,1-2H3,(H,33,40). The van der Waals surface area contributed by atoms with Gasteiger partial charge in [-0.1, -0.05) is 30.3 Å². The summed E-state index contributed by atoms with van der Waals surface area (Å²) < 4.78 is 1.91. The first-order chi connectivity index (χ1) is 19.4. The summed E-state index contributed by atoms with van der Waals surface area (Å²) in [7, 11) is 0. The van der Waals surface area contributed by atoms with Crippen LogP contribution in [0.1, 0.15) is 66.6 Å². The topological polar surface area (TPSA) is 102 Å². The third-order valence-electron chi connectivity index (χ3n) is 8.29. The van der Waals surface area contributed by atoms with Crippen LogP contribution in [-0.4, -0.2) is 68.2 Å². The van der Waals surface area contributed by atoms with Crippen molar-refractivity contribution in [1.29, 1.82) is 0 Å². The number of aromatic amines is 1. The van der Waals surface area contributed by atoms with E-state index < -0.39 is 0 Å². The van der Waals surface area contributed by atoms with E-state index in [1.54, 1.807) is 11.0 Å². The first-order valence-electron chi connectivity index (χ1n) is 14.2. The maximum absolute atomic E-state index is 12.8. The summed E-state index contributed by atoms with van der Waals surface area (Å²) in [6.07, 6.45) is 2.61. The first-order valence-corrected chi connectivity index (χ1v) is 14.2. The Morgan fingerprint density at radius 3 is 2.30 bits per heavy atom. The molecular formula is C32H38N4O4. The number of aromatic nitrogens is 2. The van der Waals surface area contributed by atoms with Crippen LogP contribution in [-0.2, 0) is 0 Å². The van der Waals surface area contributed by atoms with Crippen molar-refractivity contribution in [2.75, 3.05) is 32.7 Å². The van der Waals surface area contributed by atoms with Gasteiger partial charge in [0.2, 0.25) is 0 Å². The fourth-order valence-electron chi connectivity index (χ4n) is 5.98. The highest BCUT2D eigenvalue weighted by Gasteiger charge is 2.25. The molecule has 1 fully saturated rings. The summed E-state index contributed by atoms with van der Waals surface area (Å²) in [6, 6.07) is 20.8. The summed E-state index contributed by atoms with van der Waals surface area (Å²) in [5.74, 6) is -0.274. The number of amides is 1. The maximum atomic E-state index is 12.8. The molecule has 210 valence electrons. The molecule has 0 aliphatic carbocycles. The highest BCUT2D eigenvalue weighted by atomic mass is 16.3. The number of nitrogens with one attached hydrogen (secondary N) is 1. The molecule has 40 heavy (non-hydrogen) atoms. The molecule has 1 amide bonds. The molecule has 1 aliphatic rings. The van der Waals surface area contributed by atoms with Crippen molar-refractivity contribution in [2.24, 2.45) is 0 Å². The molecule has 8 nitrogen and oxygen atoms in total. The second kappa shape index (κ2) is 12.0. The minimum Gasteiger partial charge on any atom is -0.504 e. The summed E-state index contributed by atoms with van der Waals surface area (Å²) in [5, 5.41) is 20.1. The zero-order valence-corrected chi connectivity index (χ0v) is 23.2. The molecule has 1 aliphatic heterocycles. The van der Waals surface area contributed by atoms with Gasteiger partial charge in [-0.2, -0.15) is 0 Å². The molecule has 4 aromatic rings. The lowest BCUT2D eigenvalue weighted by Gasteiger charge is -2.33. The van der Waals surface area contributed by atoms with Crippen molar-refractivity contribution in [3.8, 4) is 11.5 Å². The van der Waals surface area contributed by atoms with E-state index in [2.05, 4.69) is 9.88 Å². The summed E-state index contributed by atoms with van der Waals surface area (Å²) in [4.78, 5) is 32.7. The summed E-state index contributed by atoms with van der Waals surface area (Å²) in [6.45, 7) is 7.91. The minimum atomic E-state index is -0.141. The average Bonchev–Trinajstić information content (AvgIpc) is 3.32. The Kier molecular flexibility index (Phi) is 8.26. The molecule has 3 aromatic carbocycles. The third kappa shape index (κ3) is 5.63.